The number of hydrogen-bond acceptors (Lipinski definition) is 3. The number of nitrogens with one attached hydrogen (secondary N) is 1. The normalized spacial score (nSPS) is 10.5. The van der Waals surface area contributed by atoms with Crippen molar-refractivity contribution in [3.8, 4) is 11.3 Å². The SMILES string of the molecule is NC(=O)c1n[nH]nc1-c1c(F)ccc(F)c1F. The van der Waals surface area contributed by atoms with Crippen LogP contribution < -0.4 is 5.73 Å². The number of amides is 1. The molecule has 0 fully saturated rings. The highest BCUT2D eigenvalue weighted by atomic mass is 19.2. The molecule has 0 saturated carbocycles. The summed E-state index contributed by atoms with van der Waals surface area (Å²) in [6, 6.07) is 1.34. The predicted octanol–water partition coefficient (Wildman–Crippen LogP) is 0.988. The number of hydrogen-bond donors (Lipinski definition) is 2. The maximum Gasteiger partial charge on any atom is 0.271 e. The molecule has 88 valence electrons. The third-order valence-electron chi connectivity index (χ3n) is 2.06. The molecule has 0 aliphatic rings. The van der Waals surface area contributed by atoms with Crippen LogP contribution in [0.5, 0.6) is 0 Å². The fourth-order valence-corrected chi connectivity index (χ4v) is 1.32. The lowest BCUT2D eigenvalue weighted by Gasteiger charge is -2.03. The molecule has 0 aliphatic carbocycles. The van der Waals surface area contributed by atoms with Gasteiger partial charge in [-0.2, -0.15) is 15.4 Å². The summed E-state index contributed by atoms with van der Waals surface area (Å²) in [6.07, 6.45) is 0. The predicted molar refractivity (Wildman–Crippen MR) is 50.2 cm³/mol. The first-order chi connectivity index (χ1) is 8.02. The Morgan fingerprint density at radius 2 is 1.82 bits per heavy atom. The molecule has 1 heterocycles. The van der Waals surface area contributed by atoms with Gasteiger partial charge in [-0.1, -0.05) is 0 Å². The summed E-state index contributed by atoms with van der Waals surface area (Å²) >= 11 is 0. The minimum atomic E-state index is -1.46. The first kappa shape index (κ1) is 11.1. The minimum absolute atomic E-state index is 0.464. The van der Waals surface area contributed by atoms with E-state index in [1.807, 2.05) is 5.21 Å². The lowest BCUT2D eigenvalue weighted by Crippen LogP contribution is -2.13. The van der Waals surface area contributed by atoms with E-state index in [1.54, 1.807) is 0 Å². The largest absolute Gasteiger partial charge is 0.364 e. The first-order valence-electron chi connectivity index (χ1n) is 4.36. The maximum atomic E-state index is 13.4. The van der Waals surface area contributed by atoms with Crippen molar-refractivity contribution < 1.29 is 18.0 Å². The lowest BCUT2D eigenvalue weighted by molar-refractivity contribution is 0.0996. The van der Waals surface area contributed by atoms with Gasteiger partial charge in [-0.25, -0.2) is 13.2 Å². The van der Waals surface area contributed by atoms with Crippen LogP contribution in [0.3, 0.4) is 0 Å². The van der Waals surface area contributed by atoms with Gasteiger partial charge in [0.25, 0.3) is 5.91 Å². The average Bonchev–Trinajstić information content (AvgIpc) is 2.73. The molecule has 1 amide bonds. The Morgan fingerprint density at radius 3 is 2.47 bits per heavy atom. The van der Waals surface area contributed by atoms with Crippen LogP contribution in [0.4, 0.5) is 13.2 Å². The van der Waals surface area contributed by atoms with Crippen LogP contribution in [0.25, 0.3) is 11.3 Å². The highest BCUT2D eigenvalue weighted by molar-refractivity contribution is 5.96. The second-order valence-corrected chi connectivity index (χ2v) is 3.10. The van der Waals surface area contributed by atoms with Crippen molar-refractivity contribution in [2.24, 2.45) is 5.73 Å². The summed E-state index contributed by atoms with van der Waals surface area (Å²) < 4.78 is 39.8. The van der Waals surface area contributed by atoms with Gasteiger partial charge in [-0.3, -0.25) is 4.79 Å². The molecule has 2 rings (SSSR count). The monoisotopic (exact) mass is 242 g/mol. The topological polar surface area (TPSA) is 84.7 Å². The zero-order valence-electron chi connectivity index (χ0n) is 8.17. The van der Waals surface area contributed by atoms with E-state index in [0.29, 0.717) is 12.1 Å². The molecule has 0 saturated heterocycles. The quantitative estimate of drug-likeness (QED) is 0.770. The molecule has 0 spiro atoms. The average molecular weight is 242 g/mol. The van der Waals surface area contributed by atoms with Crippen molar-refractivity contribution in [1.29, 1.82) is 0 Å². The van der Waals surface area contributed by atoms with Crippen molar-refractivity contribution in [3.63, 3.8) is 0 Å². The molecule has 3 N–H and O–H groups in total. The Balaban J connectivity index is 2.72. The van der Waals surface area contributed by atoms with Gasteiger partial charge in [0.1, 0.15) is 11.5 Å². The molecule has 5 nitrogen and oxygen atoms in total. The fourth-order valence-electron chi connectivity index (χ4n) is 1.32. The number of nitrogens with two attached hydrogens (primary N) is 1. The third kappa shape index (κ3) is 1.73. The number of halogens is 3. The highest BCUT2D eigenvalue weighted by Gasteiger charge is 2.23. The van der Waals surface area contributed by atoms with Gasteiger partial charge in [0.2, 0.25) is 0 Å². The number of benzene rings is 1. The van der Waals surface area contributed by atoms with E-state index in [0.717, 1.165) is 0 Å². The zero-order valence-corrected chi connectivity index (χ0v) is 8.17. The molecule has 2 aromatic rings. The van der Waals surface area contributed by atoms with E-state index in [2.05, 4.69) is 10.2 Å². The van der Waals surface area contributed by atoms with Crippen molar-refractivity contribution in [2.45, 2.75) is 0 Å². The molecule has 0 bridgehead atoms. The molecule has 1 aromatic carbocycles. The van der Waals surface area contributed by atoms with Crippen LogP contribution in [0.1, 0.15) is 10.5 Å². The summed E-state index contributed by atoms with van der Waals surface area (Å²) in [5.41, 5.74) is 3.22. The van der Waals surface area contributed by atoms with Crippen LogP contribution in [-0.2, 0) is 0 Å². The van der Waals surface area contributed by atoms with Gasteiger partial charge in [-0.15, -0.1) is 0 Å². The molecule has 0 radical (unpaired) electrons. The van der Waals surface area contributed by atoms with Crippen LogP contribution in [-0.4, -0.2) is 21.3 Å². The fraction of sp³-hybridized carbons (Fsp3) is 0. The maximum absolute atomic E-state index is 13.4. The number of primary amides is 1. The summed E-state index contributed by atoms with van der Waals surface area (Å²) in [7, 11) is 0. The van der Waals surface area contributed by atoms with Gasteiger partial charge in [0.05, 0.1) is 5.56 Å². The van der Waals surface area contributed by atoms with Crippen molar-refractivity contribution in [2.75, 3.05) is 0 Å². The molecule has 0 aliphatic heterocycles. The standard InChI is InChI=1S/C9H5F3N4O/c10-3-1-2-4(11)6(12)5(3)7-8(9(13)17)15-16-14-7/h1-2H,(H2,13,17)(H,14,15,16). The Hall–Kier alpha value is -2.38. The van der Waals surface area contributed by atoms with Crippen LogP contribution >= 0.6 is 0 Å². The van der Waals surface area contributed by atoms with Crippen molar-refractivity contribution >= 4 is 5.91 Å². The van der Waals surface area contributed by atoms with E-state index in [1.165, 1.54) is 0 Å². The smallest absolute Gasteiger partial charge is 0.271 e. The van der Waals surface area contributed by atoms with Gasteiger partial charge < -0.3 is 5.73 Å². The molecular formula is C9H5F3N4O. The van der Waals surface area contributed by atoms with Gasteiger partial charge in [-0.05, 0) is 12.1 Å². The number of nitrogens with zero attached hydrogens (tertiary/aromatic N) is 2. The van der Waals surface area contributed by atoms with Crippen LogP contribution in [0.15, 0.2) is 12.1 Å². The Morgan fingerprint density at radius 1 is 1.18 bits per heavy atom. The first-order valence-corrected chi connectivity index (χ1v) is 4.36. The number of H-pyrrole nitrogens is 1. The van der Waals surface area contributed by atoms with Crippen LogP contribution in [0, 0.1) is 17.5 Å². The second-order valence-electron chi connectivity index (χ2n) is 3.10. The second kappa shape index (κ2) is 3.89. The van der Waals surface area contributed by atoms with E-state index in [4.69, 9.17) is 5.73 Å². The summed E-state index contributed by atoms with van der Waals surface area (Å²) in [5.74, 6) is -4.82. The molecule has 0 unspecified atom stereocenters. The lowest BCUT2D eigenvalue weighted by atomic mass is 10.1. The molecule has 17 heavy (non-hydrogen) atoms. The highest BCUT2D eigenvalue weighted by Crippen LogP contribution is 2.27. The van der Waals surface area contributed by atoms with Gasteiger partial charge in [0, 0.05) is 0 Å². The summed E-state index contributed by atoms with van der Waals surface area (Å²) in [5, 5.41) is 8.72. The third-order valence-corrected chi connectivity index (χ3v) is 2.06. The number of carbonyl (C=O) groups excluding carboxylic acids is 1. The summed E-state index contributed by atoms with van der Waals surface area (Å²) in [6.45, 7) is 0. The number of aromatic nitrogens is 3. The Labute approximate surface area is 92.4 Å². The molecular weight excluding hydrogens is 237 g/mol. The van der Waals surface area contributed by atoms with Crippen LogP contribution in [0.2, 0.25) is 0 Å². The molecule has 0 atom stereocenters. The minimum Gasteiger partial charge on any atom is -0.364 e. The Kier molecular flexibility index (Phi) is 2.54. The molecule has 1 aromatic heterocycles. The van der Waals surface area contributed by atoms with Gasteiger partial charge in [0.15, 0.2) is 17.3 Å². The van der Waals surface area contributed by atoms with E-state index in [-0.39, 0.29) is 0 Å². The number of carbonyl (C=O) groups is 1. The zero-order chi connectivity index (χ0) is 12.6. The van der Waals surface area contributed by atoms with Crippen molar-refractivity contribution in [1.82, 2.24) is 15.4 Å². The summed E-state index contributed by atoms with van der Waals surface area (Å²) in [4.78, 5) is 10.9. The number of aromatic amines is 1. The van der Waals surface area contributed by atoms with E-state index < -0.39 is 40.3 Å². The van der Waals surface area contributed by atoms with Crippen molar-refractivity contribution in [3.05, 3.63) is 35.3 Å². The molecule has 8 heteroatoms. The number of rotatable bonds is 2. The van der Waals surface area contributed by atoms with Gasteiger partial charge >= 0.3 is 0 Å². The Bertz CT molecular complexity index is 596. The van der Waals surface area contributed by atoms with E-state index >= 15 is 0 Å². The van der Waals surface area contributed by atoms with E-state index in [9.17, 15) is 18.0 Å².